The molecule has 9 heteroatoms. The fourth-order valence-electron chi connectivity index (χ4n) is 4.48. The van der Waals surface area contributed by atoms with Gasteiger partial charge in [0.25, 0.3) is 0 Å². The highest BCUT2D eigenvalue weighted by Crippen LogP contribution is 2.31. The Morgan fingerprint density at radius 2 is 2.12 bits per heavy atom. The summed E-state index contributed by atoms with van der Waals surface area (Å²) in [6, 6.07) is -0.191. The van der Waals surface area contributed by atoms with Gasteiger partial charge >= 0.3 is 6.03 Å². The van der Waals surface area contributed by atoms with Gasteiger partial charge in [0, 0.05) is 0 Å². The smallest absolute Gasteiger partial charge is 0.320 e. The van der Waals surface area contributed by atoms with E-state index in [1.807, 2.05) is 11.8 Å². The topological polar surface area (TPSA) is 118 Å². The Hall–Kier alpha value is -1.42. The summed E-state index contributed by atoms with van der Waals surface area (Å²) in [7, 11) is 0. The van der Waals surface area contributed by atoms with E-state index >= 15 is 0 Å². The predicted octanol–water partition coefficient (Wildman–Crippen LogP) is -0.969. The molecule has 25 heavy (non-hydrogen) atoms. The van der Waals surface area contributed by atoms with Gasteiger partial charge in [0.05, 0.1) is 36.9 Å². The van der Waals surface area contributed by atoms with Crippen molar-refractivity contribution >= 4 is 11.9 Å². The zero-order chi connectivity index (χ0) is 17.6. The number of amides is 3. The molecule has 0 radical (unpaired) electrons. The fraction of sp³-hybridized carbons (Fsp3) is 0.875. The van der Waals surface area contributed by atoms with Crippen LogP contribution < -0.4 is 21.7 Å². The lowest BCUT2D eigenvalue weighted by molar-refractivity contribution is -0.133. The second-order valence-electron chi connectivity index (χ2n) is 7.40. The summed E-state index contributed by atoms with van der Waals surface area (Å²) in [6.45, 7) is 3.33. The van der Waals surface area contributed by atoms with Crippen LogP contribution in [-0.4, -0.2) is 66.8 Å². The van der Waals surface area contributed by atoms with Crippen LogP contribution in [0.2, 0.25) is 0 Å². The Kier molecular flexibility index (Phi) is 4.57. The first-order chi connectivity index (χ1) is 12.0. The van der Waals surface area contributed by atoms with Crippen molar-refractivity contribution in [2.75, 3.05) is 13.2 Å². The highest BCUT2D eigenvalue weighted by atomic mass is 16.5. The molecule has 7 atom stereocenters. The molecule has 4 rings (SSSR count). The zero-order valence-corrected chi connectivity index (χ0v) is 14.4. The van der Waals surface area contributed by atoms with Crippen LogP contribution in [0, 0.1) is 5.92 Å². The number of ether oxygens (including phenoxy) is 2. The zero-order valence-electron chi connectivity index (χ0n) is 14.4. The van der Waals surface area contributed by atoms with Crippen LogP contribution >= 0.6 is 0 Å². The number of urea groups is 1. The van der Waals surface area contributed by atoms with Crippen LogP contribution in [0.4, 0.5) is 4.79 Å². The van der Waals surface area contributed by atoms with Crippen molar-refractivity contribution < 1.29 is 19.1 Å². The Morgan fingerprint density at radius 3 is 2.92 bits per heavy atom. The Morgan fingerprint density at radius 1 is 1.28 bits per heavy atom. The molecule has 3 amide bonds. The molecule has 4 aliphatic heterocycles. The third-order valence-electron chi connectivity index (χ3n) is 5.75. The van der Waals surface area contributed by atoms with Gasteiger partial charge < -0.3 is 25.4 Å². The molecule has 9 nitrogen and oxygen atoms in total. The molecular formula is C16H27N5O4. The molecule has 0 spiro atoms. The Bertz CT molecular complexity index is 547. The monoisotopic (exact) mass is 353 g/mol. The van der Waals surface area contributed by atoms with Crippen LogP contribution in [0.5, 0.6) is 0 Å². The van der Waals surface area contributed by atoms with Gasteiger partial charge in [-0.2, -0.15) is 0 Å². The molecule has 4 heterocycles. The van der Waals surface area contributed by atoms with Gasteiger partial charge in [-0.3, -0.25) is 15.4 Å². The van der Waals surface area contributed by atoms with E-state index in [0.29, 0.717) is 19.4 Å². The van der Waals surface area contributed by atoms with Crippen LogP contribution in [0.15, 0.2) is 0 Å². The molecule has 4 fully saturated rings. The summed E-state index contributed by atoms with van der Waals surface area (Å²) < 4.78 is 12.2. The molecule has 4 aliphatic rings. The molecule has 0 aromatic heterocycles. The minimum absolute atomic E-state index is 0.0197. The number of nitrogens with two attached hydrogens (primary N) is 1. The normalized spacial score (nSPS) is 44.4. The van der Waals surface area contributed by atoms with Gasteiger partial charge in [-0.25, -0.2) is 4.79 Å². The minimum atomic E-state index is -0.469. The van der Waals surface area contributed by atoms with E-state index in [0.717, 1.165) is 19.4 Å². The summed E-state index contributed by atoms with van der Waals surface area (Å²) in [4.78, 5) is 26.2. The lowest BCUT2D eigenvalue weighted by Gasteiger charge is -2.44. The lowest BCUT2D eigenvalue weighted by atomic mass is 9.93. The van der Waals surface area contributed by atoms with E-state index < -0.39 is 6.23 Å². The SMILES string of the molecule is C[C@H]1CCOC2NC(CCC2C(N)=O)N2C(=O)NC3NCCC(O1)C32. The van der Waals surface area contributed by atoms with Gasteiger partial charge in [0.15, 0.2) is 0 Å². The number of hydrogen-bond acceptors (Lipinski definition) is 6. The summed E-state index contributed by atoms with van der Waals surface area (Å²) in [6.07, 6.45) is 2.07. The quantitative estimate of drug-likeness (QED) is 0.482. The number of fused-ring (bicyclic) bond motifs is 3. The van der Waals surface area contributed by atoms with Crippen molar-refractivity contribution in [3.63, 3.8) is 0 Å². The van der Waals surface area contributed by atoms with Gasteiger partial charge in [0.1, 0.15) is 12.4 Å². The maximum atomic E-state index is 12.6. The predicted molar refractivity (Wildman–Crippen MR) is 88.1 cm³/mol. The number of hydrogen-bond donors (Lipinski definition) is 4. The molecule has 0 aromatic rings. The molecule has 2 bridgehead atoms. The molecule has 5 N–H and O–H groups in total. The van der Waals surface area contributed by atoms with Gasteiger partial charge in [-0.1, -0.05) is 0 Å². The van der Waals surface area contributed by atoms with E-state index in [9.17, 15) is 9.59 Å². The maximum Gasteiger partial charge on any atom is 0.320 e. The van der Waals surface area contributed by atoms with Crippen molar-refractivity contribution in [3.8, 4) is 0 Å². The molecule has 4 saturated heterocycles. The molecular weight excluding hydrogens is 326 g/mol. The molecule has 0 saturated carbocycles. The summed E-state index contributed by atoms with van der Waals surface area (Å²) in [5.74, 6) is -0.744. The molecule has 0 aliphatic carbocycles. The van der Waals surface area contributed by atoms with Crippen molar-refractivity contribution in [2.24, 2.45) is 11.7 Å². The Balaban J connectivity index is 1.64. The first-order valence-corrected chi connectivity index (χ1v) is 9.19. The van der Waals surface area contributed by atoms with Gasteiger partial charge in [0.2, 0.25) is 5.91 Å². The average Bonchev–Trinajstić information content (AvgIpc) is 2.90. The third kappa shape index (κ3) is 3.10. The molecule has 0 aromatic carbocycles. The van der Waals surface area contributed by atoms with Crippen LogP contribution in [-0.2, 0) is 14.3 Å². The number of piperidine rings is 2. The van der Waals surface area contributed by atoms with E-state index in [4.69, 9.17) is 15.2 Å². The van der Waals surface area contributed by atoms with Gasteiger partial charge in [-0.15, -0.1) is 0 Å². The minimum Gasteiger partial charge on any atom is -0.373 e. The second-order valence-corrected chi connectivity index (χ2v) is 7.40. The number of nitrogens with zero attached hydrogens (tertiary/aromatic N) is 1. The molecule has 6 unspecified atom stereocenters. The number of carbonyl (C=O) groups is 2. The van der Waals surface area contributed by atoms with Crippen molar-refractivity contribution in [1.82, 2.24) is 20.9 Å². The first-order valence-electron chi connectivity index (χ1n) is 9.19. The summed E-state index contributed by atoms with van der Waals surface area (Å²) >= 11 is 0. The van der Waals surface area contributed by atoms with Crippen molar-refractivity contribution in [2.45, 2.75) is 69.4 Å². The summed E-state index contributed by atoms with van der Waals surface area (Å²) in [5, 5.41) is 9.73. The highest BCUT2D eigenvalue weighted by Gasteiger charge is 2.51. The lowest BCUT2D eigenvalue weighted by Crippen LogP contribution is -2.64. The van der Waals surface area contributed by atoms with Crippen molar-refractivity contribution in [3.05, 3.63) is 0 Å². The van der Waals surface area contributed by atoms with Crippen molar-refractivity contribution in [1.29, 1.82) is 0 Å². The van der Waals surface area contributed by atoms with Crippen LogP contribution in [0.25, 0.3) is 0 Å². The first kappa shape index (κ1) is 17.0. The molecule has 140 valence electrons. The van der Waals surface area contributed by atoms with Gasteiger partial charge in [-0.05, 0) is 39.2 Å². The largest absolute Gasteiger partial charge is 0.373 e. The third-order valence-corrected chi connectivity index (χ3v) is 5.75. The van der Waals surface area contributed by atoms with E-state index in [1.165, 1.54) is 0 Å². The van der Waals surface area contributed by atoms with E-state index in [-0.39, 0.29) is 48.4 Å². The van der Waals surface area contributed by atoms with Crippen LogP contribution in [0.1, 0.15) is 32.6 Å². The highest BCUT2D eigenvalue weighted by molar-refractivity contribution is 5.79. The van der Waals surface area contributed by atoms with E-state index in [1.54, 1.807) is 0 Å². The second kappa shape index (κ2) is 6.71. The maximum absolute atomic E-state index is 12.6. The standard InChI is InChI=1S/C16H27N5O4/c1-8-5-7-24-15-9(13(17)22)2-3-11(19-15)21-12-10(25-8)4-6-18-14(12)20-16(21)23/h8-12,14-15,18-19H,2-7H2,1H3,(H2,17,22)(H,20,23)/t8-,9?,10?,11?,12?,14?,15?/m0/s1. The average molecular weight is 353 g/mol. The number of rotatable bonds is 1. The number of primary amides is 1. The van der Waals surface area contributed by atoms with E-state index in [2.05, 4.69) is 16.0 Å². The number of carbonyl (C=O) groups excluding carboxylic acids is 2. The van der Waals surface area contributed by atoms with Crippen LogP contribution in [0.3, 0.4) is 0 Å². The number of nitrogens with one attached hydrogen (secondary N) is 3. The fourth-order valence-corrected chi connectivity index (χ4v) is 4.48. The summed E-state index contributed by atoms with van der Waals surface area (Å²) in [5.41, 5.74) is 5.54. The Labute approximate surface area is 146 Å².